The molecule has 8 heteroatoms. The van der Waals surface area contributed by atoms with E-state index in [1.165, 1.54) is 4.90 Å². The maximum atomic E-state index is 12.6. The molecule has 0 bridgehead atoms. The number of rotatable bonds is 3. The molecule has 0 spiro atoms. The molecular formula is C15H19F3N4S. The van der Waals surface area contributed by atoms with E-state index in [9.17, 15) is 13.2 Å². The van der Waals surface area contributed by atoms with Gasteiger partial charge in [0.15, 0.2) is 0 Å². The van der Waals surface area contributed by atoms with Crippen LogP contribution in [0.5, 0.6) is 0 Å². The molecule has 2 aromatic heterocycles. The number of hydrogen-bond donors (Lipinski definition) is 0. The van der Waals surface area contributed by atoms with Crippen molar-refractivity contribution in [3.05, 3.63) is 17.3 Å². The zero-order chi connectivity index (χ0) is 16.6. The maximum Gasteiger partial charge on any atom is 0.401 e. The molecule has 1 aliphatic rings. The Hall–Kier alpha value is -1.41. The van der Waals surface area contributed by atoms with Gasteiger partial charge in [-0.2, -0.15) is 13.2 Å². The highest BCUT2D eigenvalue weighted by Gasteiger charge is 2.35. The highest BCUT2D eigenvalue weighted by Crippen LogP contribution is 2.30. The Bertz CT molecular complexity index is 685. The van der Waals surface area contributed by atoms with E-state index in [1.54, 1.807) is 11.3 Å². The Balaban J connectivity index is 1.83. The third kappa shape index (κ3) is 3.58. The van der Waals surface area contributed by atoms with Crippen molar-refractivity contribution < 1.29 is 13.2 Å². The molecule has 23 heavy (non-hydrogen) atoms. The van der Waals surface area contributed by atoms with Crippen molar-refractivity contribution in [3.63, 3.8) is 0 Å². The molecule has 0 N–H and O–H groups in total. The van der Waals surface area contributed by atoms with Crippen LogP contribution in [0.3, 0.4) is 0 Å². The summed E-state index contributed by atoms with van der Waals surface area (Å²) in [5.41, 5.74) is 0. The van der Waals surface area contributed by atoms with Gasteiger partial charge in [0.2, 0.25) is 0 Å². The first kappa shape index (κ1) is 16.4. The molecule has 0 amide bonds. The smallest absolute Gasteiger partial charge is 0.353 e. The molecule has 0 aromatic carbocycles. The minimum Gasteiger partial charge on any atom is -0.353 e. The Kier molecular flexibility index (Phi) is 4.46. The van der Waals surface area contributed by atoms with Crippen molar-refractivity contribution in [2.45, 2.75) is 32.5 Å². The first-order chi connectivity index (χ1) is 10.9. The summed E-state index contributed by atoms with van der Waals surface area (Å²) in [4.78, 5) is 13.7. The van der Waals surface area contributed by atoms with Crippen molar-refractivity contribution >= 4 is 27.4 Å². The van der Waals surface area contributed by atoms with Crippen LogP contribution in [0.15, 0.2) is 11.4 Å². The van der Waals surface area contributed by atoms with Crippen LogP contribution in [-0.2, 0) is 6.42 Å². The van der Waals surface area contributed by atoms with Crippen LogP contribution in [-0.4, -0.2) is 53.3 Å². The van der Waals surface area contributed by atoms with Gasteiger partial charge in [-0.3, -0.25) is 4.90 Å². The molecule has 1 fully saturated rings. The van der Waals surface area contributed by atoms with Gasteiger partial charge in [0.05, 0.1) is 11.9 Å². The lowest BCUT2D eigenvalue weighted by Crippen LogP contribution is -2.54. The van der Waals surface area contributed by atoms with Crippen molar-refractivity contribution in [2.75, 3.05) is 31.1 Å². The molecule has 126 valence electrons. The second kappa shape index (κ2) is 6.24. The zero-order valence-electron chi connectivity index (χ0n) is 13.1. The number of fused-ring (bicyclic) bond motifs is 1. The lowest BCUT2D eigenvalue weighted by molar-refractivity contribution is -0.150. The summed E-state index contributed by atoms with van der Waals surface area (Å²) in [6, 6.07) is 1.82. The highest BCUT2D eigenvalue weighted by atomic mass is 32.1. The van der Waals surface area contributed by atoms with Crippen LogP contribution in [0, 0.1) is 0 Å². The highest BCUT2D eigenvalue weighted by molar-refractivity contribution is 7.16. The van der Waals surface area contributed by atoms with Gasteiger partial charge < -0.3 is 4.90 Å². The number of halogens is 3. The van der Waals surface area contributed by atoms with Crippen LogP contribution in [0.1, 0.15) is 19.7 Å². The number of thiophene rings is 1. The summed E-state index contributed by atoms with van der Waals surface area (Å²) in [5.74, 6) is 1.63. The van der Waals surface area contributed by atoms with Crippen molar-refractivity contribution in [1.82, 2.24) is 14.9 Å². The van der Waals surface area contributed by atoms with Gasteiger partial charge in [-0.1, -0.05) is 6.92 Å². The zero-order valence-corrected chi connectivity index (χ0v) is 13.9. The fourth-order valence-corrected chi connectivity index (χ4v) is 3.71. The van der Waals surface area contributed by atoms with E-state index in [4.69, 9.17) is 0 Å². The van der Waals surface area contributed by atoms with Crippen molar-refractivity contribution in [3.8, 4) is 0 Å². The first-order valence-corrected chi connectivity index (χ1v) is 8.55. The number of alkyl halides is 3. The first-order valence-electron chi connectivity index (χ1n) is 7.67. The third-order valence-corrected chi connectivity index (χ3v) is 4.92. The summed E-state index contributed by atoms with van der Waals surface area (Å²) in [6.45, 7) is 4.47. The molecule has 4 nitrogen and oxygen atoms in total. The number of piperazine rings is 1. The summed E-state index contributed by atoms with van der Waals surface area (Å²) >= 11 is 1.57. The average Bonchev–Trinajstić information content (AvgIpc) is 2.95. The van der Waals surface area contributed by atoms with Gasteiger partial charge in [0.25, 0.3) is 0 Å². The van der Waals surface area contributed by atoms with Crippen LogP contribution in [0.4, 0.5) is 19.0 Å². The standard InChI is InChI=1S/C15H19F3N4S/c1-3-12-19-13(11-4-7-23-14(11)20-12)21-5-6-22(10(2)8-21)9-15(16,17)18/h4,7,10H,3,5-6,8-9H2,1-2H3. The fraction of sp³-hybridized carbons (Fsp3) is 0.600. The van der Waals surface area contributed by atoms with Gasteiger partial charge in [-0.05, 0) is 18.4 Å². The number of hydrogen-bond acceptors (Lipinski definition) is 5. The SMILES string of the molecule is CCc1nc(N2CCN(CC(F)(F)F)C(C)C2)c2ccsc2n1. The summed E-state index contributed by atoms with van der Waals surface area (Å²) < 4.78 is 37.9. The van der Waals surface area contributed by atoms with Crippen molar-refractivity contribution in [2.24, 2.45) is 0 Å². The van der Waals surface area contributed by atoms with Gasteiger partial charge in [0.1, 0.15) is 16.5 Å². The molecule has 0 saturated carbocycles. The van der Waals surface area contributed by atoms with Gasteiger partial charge in [-0.25, -0.2) is 9.97 Å². The van der Waals surface area contributed by atoms with E-state index in [2.05, 4.69) is 14.9 Å². The van der Waals surface area contributed by atoms with Crippen molar-refractivity contribution in [1.29, 1.82) is 0 Å². The lowest BCUT2D eigenvalue weighted by atomic mass is 10.1. The van der Waals surface area contributed by atoms with E-state index in [0.717, 1.165) is 28.3 Å². The van der Waals surface area contributed by atoms with Gasteiger partial charge in [0, 0.05) is 32.1 Å². The Morgan fingerprint density at radius 3 is 2.74 bits per heavy atom. The molecule has 1 aliphatic heterocycles. The molecule has 2 aromatic rings. The van der Waals surface area contributed by atoms with E-state index < -0.39 is 12.7 Å². The van der Waals surface area contributed by atoms with Crippen LogP contribution in [0.2, 0.25) is 0 Å². The van der Waals surface area contributed by atoms with Crippen LogP contribution >= 0.6 is 11.3 Å². The second-order valence-electron chi connectivity index (χ2n) is 5.84. The summed E-state index contributed by atoms with van der Waals surface area (Å²) in [6.07, 6.45) is -3.41. The minimum absolute atomic E-state index is 0.167. The Labute approximate surface area is 136 Å². The lowest BCUT2D eigenvalue weighted by Gasteiger charge is -2.40. The number of anilines is 1. The monoisotopic (exact) mass is 344 g/mol. The number of aryl methyl sites for hydroxylation is 1. The topological polar surface area (TPSA) is 32.3 Å². The molecular weight excluding hydrogens is 325 g/mol. The van der Waals surface area contributed by atoms with E-state index >= 15 is 0 Å². The van der Waals surface area contributed by atoms with E-state index in [1.807, 2.05) is 25.3 Å². The maximum absolute atomic E-state index is 12.6. The average molecular weight is 344 g/mol. The van der Waals surface area contributed by atoms with E-state index in [0.29, 0.717) is 19.6 Å². The minimum atomic E-state index is -4.15. The molecule has 0 radical (unpaired) electrons. The summed E-state index contributed by atoms with van der Waals surface area (Å²) in [7, 11) is 0. The van der Waals surface area contributed by atoms with Crippen LogP contribution < -0.4 is 4.90 Å². The Morgan fingerprint density at radius 1 is 1.30 bits per heavy atom. The normalized spacial score (nSPS) is 20.4. The van der Waals surface area contributed by atoms with Gasteiger partial charge >= 0.3 is 6.18 Å². The molecule has 0 aliphatic carbocycles. The largest absolute Gasteiger partial charge is 0.401 e. The third-order valence-electron chi connectivity index (χ3n) is 4.11. The molecule has 1 unspecified atom stereocenters. The Morgan fingerprint density at radius 2 is 2.09 bits per heavy atom. The quantitative estimate of drug-likeness (QED) is 0.855. The molecule has 3 rings (SSSR count). The summed E-state index contributed by atoms with van der Waals surface area (Å²) in [5, 5.41) is 2.97. The van der Waals surface area contributed by atoms with E-state index in [-0.39, 0.29) is 6.04 Å². The predicted molar refractivity (Wildman–Crippen MR) is 86.1 cm³/mol. The fourth-order valence-electron chi connectivity index (χ4n) is 2.93. The van der Waals surface area contributed by atoms with Gasteiger partial charge in [-0.15, -0.1) is 11.3 Å². The number of nitrogens with zero attached hydrogens (tertiary/aromatic N) is 4. The molecule has 1 saturated heterocycles. The van der Waals surface area contributed by atoms with Crippen LogP contribution in [0.25, 0.3) is 10.2 Å². The molecule has 1 atom stereocenters. The predicted octanol–water partition coefficient (Wildman–Crippen LogP) is 3.33. The molecule has 3 heterocycles. The number of aromatic nitrogens is 2. The second-order valence-corrected chi connectivity index (χ2v) is 6.73.